The van der Waals surface area contributed by atoms with Crippen LogP contribution in [-0.4, -0.2) is 38.6 Å². The molecule has 0 bridgehead atoms. The minimum atomic E-state index is -0.588. The van der Waals surface area contributed by atoms with E-state index in [2.05, 4.69) is 94.5 Å². The summed E-state index contributed by atoms with van der Waals surface area (Å²) < 4.78 is 2.04. The van der Waals surface area contributed by atoms with E-state index in [1.165, 1.54) is 0 Å². The third kappa shape index (κ3) is 7.60. The number of hydrogen-bond acceptors (Lipinski definition) is 5. The number of carbonyl (C=O) groups excluding carboxylic acids is 2. The molecule has 2 aromatic carbocycles. The fourth-order valence-electron chi connectivity index (χ4n) is 7.03. The van der Waals surface area contributed by atoms with Crippen LogP contribution >= 0.6 is 31.9 Å². The fraction of sp³-hybridized carbons (Fsp3) is 0.514. The molecule has 6 rings (SSSR count). The van der Waals surface area contributed by atoms with Gasteiger partial charge in [-0.1, -0.05) is 67.0 Å². The SMILES string of the molecule is C.CCc1cc(Br)cc(CC)c1C1=C(O)C(C)(C2CC2)NC1=O.CCc1cc(Br)cc(CC)c1C1=C(O)C(C)(C2CC2)NC1=O.[Na+].[OH-]. The number of benzene rings is 2. The number of halogens is 2. The second kappa shape index (κ2) is 15.9. The average molecular weight is 785 g/mol. The van der Waals surface area contributed by atoms with Crippen molar-refractivity contribution in [3.05, 3.63) is 78.1 Å². The molecule has 2 aromatic rings. The van der Waals surface area contributed by atoms with E-state index in [0.29, 0.717) is 23.0 Å². The standard InChI is InChI=1S/2C18H22BrNO2.CH4.Na.H2O/c2*1-4-10-8-13(19)9-11(5-2)14(10)15-16(21)18(3,12-6-7-12)20-17(15)22;;;/h2*8-9,12,21H,4-7H2,1-3H3,(H,20,22);1H4;;1H2/q;;;+1;/p-1. The third-order valence-corrected chi connectivity index (χ3v) is 10.9. The molecule has 0 aromatic heterocycles. The van der Waals surface area contributed by atoms with Crippen molar-refractivity contribution < 1.29 is 54.8 Å². The van der Waals surface area contributed by atoms with Crippen molar-refractivity contribution in [1.82, 2.24) is 10.6 Å². The summed E-state index contributed by atoms with van der Waals surface area (Å²) >= 11 is 7.09. The Bertz CT molecular complexity index is 1430. The predicted molar refractivity (Wildman–Crippen MR) is 192 cm³/mol. The number of amides is 2. The maximum Gasteiger partial charge on any atom is 1.00 e. The molecule has 5 N–H and O–H groups in total. The Morgan fingerprint density at radius 3 is 1.13 bits per heavy atom. The molecule has 2 aliphatic carbocycles. The van der Waals surface area contributed by atoms with Gasteiger partial charge in [-0.25, -0.2) is 0 Å². The molecule has 0 spiro atoms. The predicted octanol–water partition coefficient (Wildman–Crippen LogP) is 5.75. The van der Waals surface area contributed by atoms with Crippen LogP contribution in [0.25, 0.3) is 11.1 Å². The summed E-state index contributed by atoms with van der Waals surface area (Å²) in [5.74, 6) is 0.898. The van der Waals surface area contributed by atoms with Crippen LogP contribution in [0.1, 0.15) is 108 Å². The van der Waals surface area contributed by atoms with Gasteiger partial charge in [0.25, 0.3) is 11.8 Å². The second-order valence-corrected chi connectivity index (χ2v) is 14.8. The van der Waals surface area contributed by atoms with Gasteiger partial charge in [0.15, 0.2) is 0 Å². The van der Waals surface area contributed by atoms with Crippen LogP contribution in [0.15, 0.2) is 44.7 Å². The zero-order valence-electron chi connectivity index (χ0n) is 28.0. The quantitative estimate of drug-likeness (QED) is 0.254. The van der Waals surface area contributed by atoms with Crippen LogP contribution in [0, 0.1) is 11.8 Å². The molecule has 2 aliphatic heterocycles. The second-order valence-electron chi connectivity index (χ2n) is 12.9. The Morgan fingerprint density at radius 2 is 0.915 bits per heavy atom. The molecular formula is C37H49Br2N2NaO5. The van der Waals surface area contributed by atoms with Gasteiger partial charge in [-0.2, -0.15) is 0 Å². The maximum atomic E-state index is 12.6. The zero-order chi connectivity index (χ0) is 32.1. The van der Waals surface area contributed by atoms with Crippen LogP contribution in [0.3, 0.4) is 0 Å². The van der Waals surface area contributed by atoms with E-state index in [1.807, 2.05) is 13.8 Å². The fourth-order valence-corrected chi connectivity index (χ4v) is 8.14. The van der Waals surface area contributed by atoms with E-state index in [-0.39, 0.29) is 65.8 Å². The van der Waals surface area contributed by atoms with E-state index in [9.17, 15) is 19.8 Å². The Hall–Kier alpha value is -1.62. The van der Waals surface area contributed by atoms with Crippen LogP contribution in [0.2, 0.25) is 0 Å². The molecular weight excluding hydrogens is 735 g/mol. The van der Waals surface area contributed by atoms with Crippen molar-refractivity contribution in [3.63, 3.8) is 0 Å². The number of nitrogens with one attached hydrogen (secondary N) is 2. The van der Waals surface area contributed by atoms with Gasteiger partial charge in [0.05, 0.1) is 22.2 Å². The Morgan fingerprint density at radius 1 is 0.660 bits per heavy atom. The summed E-state index contributed by atoms with van der Waals surface area (Å²) in [7, 11) is 0. The van der Waals surface area contributed by atoms with Gasteiger partial charge in [-0.15, -0.1) is 0 Å². The maximum absolute atomic E-state index is 12.6. The number of rotatable bonds is 8. The molecule has 2 saturated carbocycles. The zero-order valence-corrected chi connectivity index (χ0v) is 33.2. The minimum absolute atomic E-state index is 0. The number of aliphatic hydroxyl groups excluding tert-OH is 2. The molecule has 7 nitrogen and oxygen atoms in total. The molecule has 2 heterocycles. The van der Waals surface area contributed by atoms with Crippen LogP contribution in [0.5, 0.6) is 0 Å². The third-order valence-electron chi connectivity index (χ3n) is 10.0. The summed E-state index contributed by atoms with van der Waals surface area (Å²) in [6.07, 6.45) is 7.56. The smallest absolute Gasteiger partial charge is 0.870 e. The Labute approximate surface area is 319 Å². The monoisotopic (exact) mass is 782 g/mol. The number of hydrogen-bond donors (Lipinski definition) is 4. The van der Waals surface area contributed by atoms with E-state index in [1.54, 1.807) is 0 Å². The molecule has 10 heteroatoms. The van der Waals surface area contributed by atoms with Gasteiger partial charge in [0, 0.05) is 8.95 Å². The molecule has 4 aliphatic rings. The largest absolute Gasteiger partial charge is 1.00 e. The van der Waals surface area contributed by atoms with Crippen molar-refractivity contribution >= 4 is 54.8 Å². The van der Waals surface area contributed by atoms with Crippen molar-refractivity contribution in [2.24, 2.45) is 11.8 Å². The first-order chi connectivity index (χ1) is 20.8. The number of carbonyl (C=O) groups is 2. The van der Waals surface area contributed by atoms with E-state index in [4.69, 9.17) is 0 Å². The summed E-state index contributed by atoms with van der Waals surface area (Å²) in [4.78, 5) is 25.2. The van der Waals surface area contributed by atoms with Crippen LogP contribution in [0.4, 0.5) is 0 Å². The van der Waals surface area contributed by atoms with Crippen LogP contribution in [-0.2, 0) is 35.3 Å². The van der Waals surface area contributed by atoms with Gasteiger partial charge < -0.3 is 26.3 Å². The first-order valence-corrected chi connectivity index (χ1v) is 17.6. The molecule has 2 amide bonds. The van der Waals surface area contributed by atoms with Crippen molar-refractivity contribution in [2.45, 2.75) is 111 Å². The van der Waals surface area contributed by atoms with Gasteiger partial charge in [-0.3, -0.25) is 9.59 Å². The topological polar surface area (TPSA) is 129 Å². The van der Waals surface area contributed by atoms with Crippen molar-refractivity contribution in [2.75, 3.05) is 0 Å². The van der Waals surface area contributed by atoms with Crippen molar-refractivity contribution in [3.8, 4) is 0 Å². The number of aliphatic hydroxyl groups is 2. The molecule has 2 atom stereocenters. The van der Waals surface area contributed by atoms with Crippen LogP contribution < -0.4 is 40.2 Å². The molecule has 2 unspecified atom stereocenters. The Balaban J connectivity index is 0.000000307. The summed E-state index contributed by atoms with van der Waals surface area (Å²) in [5, 5.41) is 27.7. The van der Waals surface area contributed by atoms with E-state index in [0.717, 1.165) is 93.7 Å². The molecule has 0 radical (unpaired) electrons. The molecule has 252 valence electrons. The molecule has 0 saturated heterocycles. The first kappa shape index (κ1) is 41.6. The Kier molecular flexibility index (Phi) is 14.1. The average Bonchev–Trinajstić information content (AvgIpc) is 3.91. The van der Waals surface area contributed by atoms with Gasteiger partial charge >= 0.3 is 29.6 Å². The van der Waals surface area contributed by atoms with Crippen molar-refractivity contribution in [1.29, 1.82) is 0 Å². The summed E-state index contributed by atoms with van der Waals surface area (Å²) in [6.45, 7) is 12.2. The summed E-state index contributed by atoms with van der Waals surface area (Å²) in [5.41, 5.74) is 6.04. The molecule has 2 fully saturated rings. The number of aryl methyl sites for hydroxylation is 4. The molecule has 47 heavy (non-hydrogen) atoms. The normalized spacial score (nSPS) is 23.2. The minimum Gasteiger partial charge on any atom is -0.870 e. The van der Waals surface area contributed by atoms with E-state index < -0.39 is 11.1 Å². The van der Waals surface area contributed by atoms with E-state index >= 15 is 0 Å². The van der Waals surface area contributed by atoms with Gasteiger partial charge in [0.1, 0.15) is 11.5 Å². The first-order valence-electron chi connectivity index (χ1n) is 16.0. The van der Waals surface area contributed by atoms with Gasteiger partial charge in [-0.05, 0) is 135 Å². The van der Waals surface area contributed by atoms with Gasteiger partial charge in [0.2, 0.25) is 0 Å². The summed E-state index contributed by atoms with van der Waals surface area (Å²) in [6, 6.07) is 8.20.